The highest BCUT2D eigenvalue weighted by atomic mass is 19.4. The largest absolute Gasteiger partial charge is 0.416 e. The Bertz CT molecular complexity index is 519. The Labute approximate surface area is 116 Å². The van der Waals surface area contributed by atoms with E-state index in [4.69, 9.17) is 5.26 Å². The number of nitriles is 1. The van der Waals surface area contributed by atoms with Crippen molar-refractivity contribution in [3.8, 4) is 6.07 Å². The smallest absolute Gasteiger partial charge is 0.369 e. The maximum Gasteiger partial charge on any atom is 0.416 e. The molecule has 1 aliphatic rings. The molecule has 6 heteroatoms. The highest BCUT2D eigenvalue weighted by Crippen LogP contribution is 2.32. The third-order valence-corrected chi connectivity index (χ3v) is 3.50. The lowest BCUT2D eigenvalue weighted by Gasteiger charge is -2.24. The Morgan fingerprint density at radius 2 is 1.90 bits per heavy atom. The molecule has 108 valence electrons. The van der Waals surface area contributed by atoms with Crippen molar-refractivity contribution in [3.05, 3.63) is 29.3 Å². The second-order valence-electron chi connectivity index (χ2n) is 4.99. The lowest BCUT2D eigenvalue weighted by molar-refractivity contribution is -0.137. The number of hydrogen-bond acceptors (Lipinski definition) is 3. The normalized spacial score (nSPS) is 17.6. The number of likely N-dealkylation sites (N-methyl/N-ethyl adjacent to an activating group) is 1. The van der Waals surface area contributed by atoms with Gasteiger partial charge in [-0.1, -0.05) is 0 Å². The van der Waals surface area contributed by atoms with Gasteiger partial charge < -0.3 is 9.80 Å². The predicted octanol–water partition coefficient (Wildman–Crippen LogP) is 2.72. The lowest BCUT2D eigenvalue weighted by Crippen LogP contribution is -2.29. The molecular weight excluding hydrogens is 267 g/mol. The summed E-state index contributed by atoms with van der Waals surface area (Å²) >= 11 is 0. The van der Waals surface area contributed by atoms with Crippen molar-refractivity contribution in [2.24, 2.45) is 0 Å². The Morgan fingerprint density at radius 3 is 2.55 bits per heavy atom. The van der Waals surface area contributed by atoms with Crippen LogP contribution in [-0.4, -0.2) is 38.1 Å². The Kier molecular flexibility index (Phi) is 4.19. The van der Waals surface area contributed by atoms with Crippen molar-refractivity contribution >= 4 is 5.69 Å². The predicted molar refractivity (Wildman–Crippen MR) is 70.5 cm³/mol. The topological polar surface area (TPSA) is 30.3 Å². The number of hydrogen-bond donors (Lipinski definition) is 0. The summed E-state index contributed by atoms with van der Waals surface area (Å²) in [6.07, 6.45) is -3.48. The number of halogens is 3. The molecule has 0 atom stereocenters. The Morgan fingerprint density at radius 1 is 1.15 bits per heavy atom. The van der Waals surface area contributed by atoms with E-state index >= 15 is 0 Å². The average Bonchev–Trinajstić information content (AvgIpc) is 2.62. The van der Waals surface area contributed by atoms with Gasteiger partial charge >= 0.3 is 6.18 Å². The average molecular weight is 283 g/mol. The van der Waals surface area contributed by atoms with Crippen LogP contribution in [0.2, 0.25) is 0 Å². The zero-order valence-electron chi connectivity index (χ0n) is 11.2. The molecule has 1 aromatic rings. The van der Waals surface area contributed by atoms with E-state index < -0.39 is 11.7 Å². The van der Waals surface area contributed by atoms with Gasteiger partial charge in [-0.25, -0.2) is 0 Å². The number of rotatable bonds is 1. The first-order chi connectivity index (χ1) is 9.41. The summed E-state index contributed by atoms with van der Waals surface area (Å²) in [5.41, 5.74) is -0.0927. The summed E-state index contributed by atoms with van der Waals surface area (Å²) < 4.78 is 38.0. The third kappa shape index (κ3) is 3.23. The molecule has 20 heavy (non-hydrogen) atoms. The molecule has 0 spiro atoms. The van der Waals surface area contributed by atoms with Crippen LogP contribution in [0.15, 0.2) is 18.2 Å². The molecule has 0 saturated carbocycles. The van der Waals surface area contributed by atoms with Gasteiger partial charge in [-0.3, -0.25) is 0 Å². The van der Waals surface area contributed by atoms with Crippen molar-refractivity contribution in [2.45, 2.75) is 12.6 Å². The van der Waals surface area contributed by atoms with Crippen LogP contribution in [0.25, 0.3) is 0 Å². The van der Waals surface area contributed by atoms with Gasteiger partial charge in [0, 0.05) is 19.6 Å². The first-order valence-electron chi connectivity index (χ1n) is 6.46. The fraction of sp³-hybridized carbons (Fsp3) is 0.500. The number of benzene rings is 1. The van der Waals surface area contributed by atoms with Gasteiger partial charge in [0.2, 0.25) is 0 Å². The van der Waals surface area contributed by atoms with Crippen molar-refractivity contribution in [1.29, 1.82) is 5.26 Å². The van der Waals surface area contributed by atoms with Crippen LogP contribution < -0.4 is 4.90 Å². The molecular formula is C14H16F3N3. The number of anilines is 1. The fourth-order valence-corrected chi connectivity index (χ4v) is 2.37. The highest BCUT2D eigenvalue weighted by Gasteiger charge is 2.31. The molecule has 0 amide bonds. The molecule has 0 radical (unpaired) electrons. The van der Waals surface area contributed by atoms with Gasteiger partial charge in [0.25, 0.3) is 0 Å². The van der Waals surface area contributed by atoms with E-state index in [9.17, 15) is 13.2 Å². The number of nitrogens with zero attached hydrogens (tertiary/aromatic N) is 3. The van der Waals surface area contributed by atoms with Crippen molar-refractivity contribution < 1.29 is 13.2 Å². The van der Waals surface area contributed by atoms with Crippen LogP contribution >= 0.6 is 0 Å². The van der Waals surface area contributed by atoms with Gasteiger partial charge in [0.05, 0.1) is 16.8 Å². The molecule has 1 fully saturated rings. The van der Waals surface area contributed by atoms with Gasteiger partial charge in [-0.2, -0.15) is 18.4 Å². The van der Waals surface area contributed by atoms with Gasteiger partial charge in [0.1, 0.15) is 6.07 Å². The highest BCUT2D eigenvalue weighted by molar-refractivity contribution is 5.61. The monoisotopic (exact) mass is 283 g/mol. The Balaban J connectivity index is 2.30. The molecule has 0 bridgehead atoms. The molecule has 0 N–H and O–H groups in total. The summed E-state index contributed by atoms with van der Waals surface area (Å²) in [5.74, 6) is 0. The summed E-state index contributed by atoms with van der Waals surface area (Å²) in [4.78, 5) is 4.17. The minimum absolute atomic E-state index is 0.0874. The first kappa shape index (κ1) is 14.7. The molecule has 3 nitrogen and oxygen atoms in total. The summed E-state index contributed by atoms with van der Waals surface area (Å²) in [5, 5.41) is 9.11. The van der Waals surface area contributed by atoms with Crippen molar-refractivity contribution in [1.82, 2.24) is 4.90 Å². The molecule has 0 aliphatic carbocycles. The first-order valence-corrected chi connectivity index (χ1v) is 6.46. The zero-order chi connectivity index (χ0) is 14.8. The van der Waals surface area contributed by atoms with Gasteiger partial charge in [0.15, 0.2) is 0 Å². The summed E-state index contributed by atoms with van der Waals surface area (Å²) in [7, 11) is 2.02. The zero-order valence-corrected chi connectivity index (χ0v) is 11.2. The minimum atomic E-state index is -4.41. The minimum Gasteiger partial charge on any atom is -0.369 e. The van der Waals surface area contributed by atoms with Crippen molar-refractivity contribution in [3.63, 3.8) is 0 Å². The summed E-state index contributed by atoms with van der Waals surface area (Å²) in [6, 6.07) is 5.27. The Hall–Kier alpha value is -1.74. The summed E-state index contributed by atoms with van der Waals surface area (Å²) in [6.45, 7) is 3.27. The second-order valence-corrected chi connectivity index (χ2v) is 4.99. The van der Waals surface area contributed by atoms with E-state index in [0.29, 0.717) is 5.69 Å². The maximum atomic E-state index is 12.7. The van der Waals surface area contributed by atoms with Crippen LogP contribution in [-0.2, 0) is 6.18 Å². The molecule has 1 saturated heterocycles. The quantitative estimate of drug-likeness (QED) is 0.794. The molecule has 2 rings (SSSR count). The van der Waals surface area contributed by atoms with Crippen LogP contribution in [0.1, 0.15) is 17.5 Å². The molecule has 1 aromatic carbocycles. The second kappa shape index (κ2) is 5.71. The van der Waals surface area contributed by atoms with Gasteiger partial charge in [-0.15, -0.1) is 0 Å². The molecule has 1 aliphatic heterocycles. The third-order valence-electron chi connectivity index (χ3n) is 3.50. The molecule has 0 unspecified atom stereocenters. The molecule has 1 heterocycles. The fourth-order valence-electron chi connectivity index (χ4n) is 2.37. The van der Waals surface area contributed by atoms with Crippen LogP contribution in [0.3, 0.4) is 0 Å². The van der Waals surface area contributed by atoms with Gasteiger partial charge in [-0.05, 0) is 38.2 Å². The van der Waals surface area contributed by atoms with Crippen LogP contribution in [0, 0.1) is 11.3 Å². The van der Waals surface area contributed by atoms with E-state index in [1.54, 1.807) is 0 Å². The SMILES string of the molecule is CN1CCCN(c2ccc(C(F)(F)F)cc2C#N)CC1. The van der Waals surface area contributed by atoms with E-state index in [0.717, 1.165) is 44.7 Å². The van der Waals surface area contributed by atoms with Crippen LogP contribution in [0.4, 0.5) is 18.9 Å². The van der Waals surface area contributed by atoms with E-state index in [1.165, 1.54) is 6.07 Å². The lowest BCUT2D eigenvalue weighted by atomic mass is 10.1. The van der Waals surface area contributed by atoms with E-state index in [-0.39, 0.29) is 5.56 Å². The van der Waals surface area contributed by atoms with Crippen molar-refractivity contribution in [2.75, 3.05) is 38.1 Å². The van der Waals surface area contributed by atoms with Crippen LogP contribution in [0.5, 0.6) is 0 Å². The molecule has 0 aromatic heterocycles. The number of alkyl halides is 3. The maximum absolute atomic E-state index is 12.7. The standard InChI is InChI=1S/C14H16F3N3/c1-19-5-2-6-20(8-7-19)13-4-3-12(14(15,16)17)9-11(13)10-18/h3-4,9H,2,5-8H2,1H3. The van der Waals surface area contributed by atoms with E-state index in [2.05, 4.69) is 4.90 Å². The van der Waals surface area contributed by atoms with E-state index in [1.807, 2.05) is 18.0 Å².